The van der Waals surface area contributed by atoms with Crippen LogP contribution in [0.4, 0.5) is 0 Å². The zero-order valence-corrected chi connectivity index (χ0v) is 15.3. The molecule has 6 nitrogen and oxygen atoms in total. The first-order valence-corrected chi connectivity index (χ1v) is 9.89. The molecule has 1 aliphatic rings. The van der Waals surface area contributed by atoms with Gasteiger partial charge >= 0.3 is 0 Å². The minimum Gasteiger partial charge on any atom is -0.360 e. The molecule has 0 radical (unpaired) electrons. The SMILES string of the molecule is Cc1ccc2[nH]c3c(c2c1)CCC(NS(=O)(=O)c1c(C)noc1C)C3. The molecule has 0 aliphatic heterocycles. The molecule has 3 aromatic rings. The van der Waals surface area contributed by atoms with Gasteiger partial charge in [-0.25, -0.2) is 13.1 Å². The molecule has 1 aromatic carbocycles. The maximum atomic E-state index is 12.7. The van der Waals surface area contributed by atoms with Crippen LogP contribution in [0, 0.1) is 20.8 Å². The van der Waals surface area contributed by atoms with Gasteiger partial charge in [-0.3, -0.25) is 0 Å². The van der Waals surface area contributed by atoms with E-state index in [0.717, 1.165) is 24.1 Å². The molecule has 132 valence electrons. The normalized spacial score (nSPS) is 17.8. The zero-order chi connectivity index (χ0) is 17.8. The summed E-state index contributed by atoms with van der Waals surface area (Å²) in [7, 11) is -3.64. The van der Waals surface area contributed by atoms with Gasteiger partial charge in [0.15, 0.2) is 5.76 Å². The maximum Gasteiger partial charge on any atom is 0.246 e. The van der Waals surface area contributed by atoms with Crippen molar-refractivity contribution in [2.45, 2.75) is 51.0 Å². The standard InChI is InChI=1S/C18H21N3O3S/c1-10-4-7-16-15(8-10)14-6-5-13(9-17(14)19-16)21-25(22,23)18-11(2)20-24-12(18)3/h4,7-8,13,19,21H,5-6,9H2,1-3H3. The molecule has 2 heterocycles. The van der Waals surface area contributed by atoms with E-state index in [1.807, 2.05) is 0 Å². The lowest BCUT2D eigenvalue weighted by Crippen LogP contribution is -2.39. The predicted octanol–water partition coefficient (Wildman–Crippen LogP) is 2.92. The molecule has 0 spiro atoms. The van der Waals surface area contributed by atoms with E-state index < -0.39 is 10.0 Å². The van der Waals surface area contributed by atoms with Gasteiger partial charge in [-0.15, -0.1) is 0 Å². The Morgan fingerprint density at radius 2 is 2.08 bits per heavy atom. The average Bonchev–Trinajstić information content (AvgIpc) is 3.06. The van der Waals surface area contributed by atoms with Gasteiger partial charge in [-0.2, -0.15) is 0 Å². The van der Waals surface area contributed by atoms with Crippen molar-refractivity contribution >= 4 is 20.9 Å². The van der Waals surface area contributed by atoms with Crippen LogP contribution in [0.15, 0.2) is 27.6 Å². The lowest BCUT2D eigenvalue weighted by molar-refractivity contribution is 0.390. The number of fused-ring (bicyclic) bond motifs is 3. The van der Waals surface area contributed by atoms with E-state index in [-0.39, 0.29) is 10.9 Å². The average molecular weight is 359 g/mol. The molecule has 1 atom stereocenters. The zero-order valence-electron chi connectivity index (χ0n) is 14.5. The van der Waals surface area contributed by atoms with E-state index >= 15 is 0 Å². The summed E-state index contributed by atoms with van der Waals surface area (Å²) in [5.41, 5.74) is 5.17. The molecule has 1 unspecified atom stereocenters. The highest BCUT2D eigenvalue weighted by atomic mass is 32.2. The summed E-state index contributed by atoms with van der Waals surface area (Å²) in [4.78, 5) is 3.61. The van der Waals surface area contributed by atoms with Crippen molar-refractivity contribution in [2.24, 2.45) is 0 Å². The highest BCUT2D eigenvalue weighted by molar-refractivity contribution is 7.89. The minimum atomic E-state index is -3.64. The van der Waals surface area contributed by atoms with Crippen LogP contribution in [-0.4, -0.2) is 24.6 Å². The number of benzene rings is 1. The number of rotatable bonds is 3. The Bertz CT molecular complexity index is 1040. The number of aromatic amines is 1. The number of aryl methyl sites for hydroxylation is 4. The first-order chi connectivity index (χ1) is 11.8. The Morgan fingerprint density at radius 3 is 2.80 bits per heavy atom. The van der Waals surface area contributed by atoms with E-state index in [0.29, 0.717) is 17.9 Å². The summed E-state index contributed by atoms with van der Waals surface area (Å²) in [5.74, 6) is 0.322. The van der Waals surface area contributed by atoms with Crippen LogP contribution >= 0.6 is 0 Å². The Balaban J connectivity index is 1.62. The van der Waals surface area contributed by atoms with Gasteiger partial charge in [0.05, 0.1) is 0 Å². The van der Waals surface area contributed by atoms with Crippen LogP contribution < -0.4 is 4.72 Å². The van der Waals surface area contributed by atoms with Crippen molar-refractivity contribution in [1.29, 1.82) is 0 Å². The first kappa shape index (κ1) is 16.4. The number of hydrogen-bond donors (Lipinski definition) is 2. The van der Waals surface area contributed by atoms with Crippen molar-refractivity contribution in [2.75, 3.05) is 0 Å². The molecule has 7 heteroatoms. The van der Waals surface area contributed by atoms with Gasteiger partial charge in [0.2, 0.25) is 10.0 Å². The molecule has 0 saturated heterocycles. The molecule has 0 fully saturated rings. The Morgan fingerprint density at radius 1 is 1.28 bits per heavy atom. The fourth-order valence-electron chi connectivity index (χ4n) is 3.78. The molecule has 1 aliphatic carbocycles. The van der Waals surface area contributed by atoms with E-state index in [1.54, 1.807) is 13.8 Å². The second-order valence-electron chi connectivity index (χ2n) is 6.85. The molecule has 0 saturated carbocycles. The van der Waals surface area contributed by atoms with Crippen molar-refractivity contribution < 1.29 is 12.9 Å². The highest BCUT2D eigenvalue weighted by Gasteiger charge is 2.30. The van der Waals surface area contributed by atoms with Crippen molar-refractivity contribution in [3.05, 3.63) is 46.5 Å². The lowest BCUT2D eigenvalue weighted by Gasteiger charge is -2.23. The lowest BCUT2D eigenvalue weighted by atomic mass is 9.92. The number of nitrogens with one attached hydrogen (secondary N) is 2. The van der Waals surface area contributed by atoms with Crippen molar-refractivity contribution in [3.63, 3.8) is 0 Å². The van der Waals surface area contributed by atoms with Crippen LogP contribution in [0.3, 0.4) is 0 Å². The molecular formula is C18H21N3O3S. The topological polar surface area (TPSA) is 88.0 Å². The number of H-pyrrole nitrogens is 1. The molecule has 25 heavy (non-hydrogen) atoms. The number of nitrogens with zero attached hydrogens (tertiary/aromatic N) is 1. The minimum absolute atomic E-state index is 0.139. The Hall–Kier alpha value is -2.12. The highest BCUT2D eigenvalue weighted by Crippen LogP contribution is 2.30. The second-order valence-corrected chi connectivity index (χ2v) is 8.50. The van der Waals surface area contributed by atoms with Gasteiger partial charge in [0, 0.05) is 29.1 Å². The first-order valence-electron chi connectivity index (χ1n) is 8.40. The molecule has 0 bridgehead atoms. The summed E-state index contributed by atoms with van der Waals surface area (Å²) in [6.07, 6.45) is 2.29. The Labute approximate surface area is 146 Å². The molecule has 4 rings (SSSR count). The van der Waals surface area contributed by atoms with Crippen LogP contribution in [0.25, 0.3) is 10.9 Å². The summed E-state index contributed by atoms with van der Waals surface area (Å²) in [6.45, 7) is 5.35. The largest absolute Gasteiger partial charge is 0.360 e. The fourth-order valence-corrected chi connectivity index (χ4v) is 5.38. The third-order valence-electron chi connectivity index (χ3n) is 4.90. The third-order valence-corrected chi connectivity index (χ3v) is 6.67. The van der Waals surface area contributed by atoms with Gasteiger partial charge in [-0.05, 0) is 51.3 Å². The molecule has 2 N–H and O–H groups in total. The molecular weight excluding hydrogens is 338 g/mol. The summed E-state index contributed by atoms with van der Waals surface area (Å²) < 4.78 is 33.3. The van der Waals surface area contributed by atoms with Crippen LogP contribution in [0.5, 0.6) is 0 Å². The van der Waals surface area contributed by atoms with Gasteiger partial charge in [0.25, 0.3) is 0 Å². The smallest absolute Gasteiger partial charge is 0.246 e. The monoisotopic (exact) mass is 359 g/mol. The quantitative estimate of drug-likeness (QED) is 0.753. The summed E-state index contributed by atoms with van der Waals surface area (Å²) in [6, 6.07) is 6.23. The summed E-state index contributed by atoms with van der Waals surface area (Å²) in [5, 5.41) is 5.00. The maximum absolute atomic E-state index is 12.7. The van der Waals surface area contributed by atoms with Gasteiger partial charge < -0.3 is 9.51 Å². The van der Waals surface area contributed by atoms with E-state index in [2.05, 4.69) is 40.0 Å². The fraction of sp³-hybridized carbons (Fsp3) is 0.389. The van der Waals surface area contributed by atoms with Gasteiger partial charge in [0.1, 0.15) is 10.6 Å². The predicted molar refractivity (Wildman–Crippen MR) is 95.1 cm³/mol. The van der Waals surface area contributed by atoms with E-state index in [9.17, 15) is 8.42 Å². The Kier molecular flexibility index (Phi) is 3.73. The third kappa shape index (κ3) is 2.77. The number of sulfonamides is 1. The van der Waals surface area contributed by atoms with Crippen LogP contribution in [0.2, 0.25) is 0 Å². The second kappa shape index (κ2) is 5.71. The van der Waals surface area contributed by atoms with Gasteiger partial charge in [-0.1, -0.05) is 16.8 Å². The van der Waals surface area contributed by atoms with Crippen molar-refractivity contribution in [1.82, 2.24) is 14.9 Å². The number of aromatic nitrogens is 2. The van der Waals surface area contributed by atoms with Crippen molar-refractivity contribution in [3.8, 4) is 0 Å². The van der Waals surface area contributed by atoms with Crippen LogP contribution in [-0.2, 0) is 22.9 Å². The molecule has 2 aromatic heterocycles. The summed E-state index contributed by atoms with van der Waals surface area (Å²) >= 11 is 0. The molecule has 0 amide bonds. The van der Waals surface area contributed by atoms with E-state index in [1.165, 1.54) is 16.5 Å². The number of hydrogen-bond acceptors (Lipinski definition) is 4. The van der Waals surface area contributed by atoms with E-state index in [4.69, 9.17) is 4.52 Å². The van der Waals surface area contributed by atoms with Crippen LogP contribution in [0.1, 0.15) is 34.7 Å².